The van der Waals surface area contributed by atoms with E-state index in [4.69, 9.17) is 9.47 Å². The minimum Gasteiger partial charge on any atom is -0.478 e. The van der Waals surface area contributed by atoms with Gasteiger partial charge in [0, 0.05) is 24.0 Å². The predicted molar refractivity (Wildman–Crippen MR) is 113 cm³/mol. The zero-order chi connectivity index (χ0) is 23.8. The fraction of sp³-hybridized carbons (Fsp3) is 0.211. The molecule has 0 aliphatic rings. The first kappa shape index (κ1) is 22.3. The van der Waals surface area contributed by atoms with Crippen molar-refractivity contribution in [3.8, 4) is 23.2 Å². The lowest BCUT2D eigenvalue weighted by atomic mass is 10.1. The number of aromatic nitrogens is 5. The van der Waals surface area contributed by atoms with E-state index in [1.54, 1.807) is 35.3 Å². The average Bonchev–Trinajstić information content (AvgIpc) is 3.44. The van der Waals surface area contributed by atoms with Crippen LogP contribution in [0.2, 0.25) is 0 Å². The number of aryl methyl sites for hydroxylation is 1. The summed E-state index contributed by atoms with van der Waals surface area (Å²) < 4.78 is 69.8. The van der Waals surface area contributed by atoms with Gasteiger partial charge < -0.3 is 19.2 Å². The second-order valence-corrected chi connectivity index (χ2v) is 8.29. The molecule has 4 aromatic rings. The zero-order valence-corrected chi connectivity index (χ0v) is 18.4. The van der Waals surface area contributed by atoms with Crippen molar-refractivity contribution < 1.29 is 31.4 Å². The Bertz CT molecular complexity index is 1380. The van der Waals surface area contributed by atoms with Crippen LogP contribution in [0.1, 0.15) is 5.56 Å². The molecule has 0 aliphatic carbocycles. The molecule has 174 valence electrons. The summed E-state index contributed by atoms with van der Waals surface area (Å²) in [7, 11) is -1.92. The van der Waals surface area contributed by atoms with Crippen molar-refractivity contribution in [2.45, 2.75) is 18.4 Å². The maximum Gasteiger partial charge on any atom is 0.387 e. The number of benzene rings is 1. The number of alkyl halides is 2. The molecule has 0 saturated carbocycles. The second-order valence-electron chi connectivity index (χ2n) is 6.64. The van der Waals surface area contributed by atoms with Crippen LogP contribution >= 0.6 is 0 Å². The predicted octanol–water partition coefficient (Wildman–Crippen LogP) is 2.87. The first-order valence-corrected chi connectivity index (χ1v) is 10.8. The number of anilines is 1. The Morgan fingerprint density at radius 1 is 1.15 bits per heavy atom. The van der Waals surface area contributed by atoms with E-state index < -0.39 is 40.1 Å². The van der Waals surface area contributed by atoms with Crippen LogP contribution < -0.4 is 18.9 Å². The molecule has 0 radical (unpaired) electrons. The van der Waals surface area contributed by atoms with E-state index in [1.807, 2.05) is 6.92 Å². The van der Waals surface area contributed by atoms with Crippen molar-refractivity contribution in [2.75, 3.05) is 18.9 Å². The second kappa shape index (κ2) is 8.54. The molecule has 0 aliphatic heterocycles. The molecule has 1 aromatic carbocycles. The van der Waals surface area contributed by atoms with Gasteiger partial charge in [0.25, 0.3) is 21.8 Å². The van der Waals surface area contributed by atoms with Gasteiger partial charge in [-0.3, -0.25) is 0 Å². The number of hydrogen-bond donors (Lipinski definition) is 2. The topological polar surface area (TPSA) is 133 Å². The van der Waals surface area contributed by atoms with E-state index in [0.29, 0.717) is 16.6 Å². The van der Waals surface area contributed by atoms with E-state index in [0.717, 1.165) is 19.8 Å². The van der Waals surface area contributed by atoms with Gasteiger partial charge in [0.1, 0.15) is 4.90 Å². The lowest BCUT2D eigenvalue weighted by molar-refractivity contribution is -0.0533. The SMILES string of the molecule is COc1nc(NS(=O)(=O)c2c[nH]c3c(-n4cccn4)c(C)ccc23)nc(OC)c1OC(F)F. The number of halogens is 2. The molecule has 0 amide bonds. The number of H-pyrrole nitrogens is 1. The Balaban J connectivity index is 1.77. The zero-order valence-electron chi connectivity index (χ0n) is 17.5. The molecule has 2 N–H and O–H groups in total. The summed E-state index contributed by atoms with van der Waals surface area (Å²) in [6.07, 6.45) is 4.67. The first-order valence-electron chi connectivity index (χ1n) is 9.33. The Hall–Kier alpha value is -3.94. The van der Waals surface area contributed by atoms with E-state index in [2.05, 4.69) is 29.5 Å². The number of rotatable bonds is 8. The summed E-state index contributed by atoms with van der Waals surface area (Å²) in [6, 6.07) is 5.18. The molecule has 0 bridgehead atoms. The highest BCUT2D eigenvalue weighted by molar-refractivity contribution is 7.93. The van der Waals surface area contributed by atoms with Crippen LogP contribution in [-0.2, 0) is 10.0 Å². The number of nitrogens with zero attached hydrogens (tertiary/aromatic N) is 4. The standard InChI is InChI=1S/C19H18F2N6O5S/c1-10-5-6-11-12(9-22-13(11)14(10)27-8-4-7-23-27)33(28,29)26-19-24-16(30-2)15(32-18(20)21)17(25-19)31-3/h4-9,18,22H,1-3H3,(H,24,25,26). The Labute approximate surface area is 186 Å². The smallest absolute Gasteiger partial charge is 0.387 e. The molecule has 3 heterocycles. The van der Waals surface area contributed by atoms with Gasteiger partial charge >= 0.3 is 6.61 Å². The van der Waals surface area contributed by atoms with Gasteiger partial charge in [0.15, 0.2) is 0 Å². The van der Waals surface area contributed by atoms with Gasteiger partial charge in [0.05, 0.1) is 25.4 Å². The van der Waals surface area contributed by atoms with Crippen LogP contribution in [0, 0.1) is 6.92 Å². The Kier molecular flexibility index (Phi) is 5.76. The highest BCUT2D eigenvalue weighted by atomic mass is 32.2. The van der Waals surface area contributed by atoms with Crippen molar-refractivity contribution >= 4 is 26.9 Å². The average molecular weight is 480 g/mol. The highest BCUT2D eigenvalue weighted by Gasteiger charge is 2.26. The van der Waals surface area contributed by atoms with Crippen LogP contribution in [0.5, 0.6) is 17.5 Å². The van der Waals surface area contributed by atoms with Gasteiger partial charge in [-0.15, -0.1) is 0 Å². The van der Waals surface area contributed by atoms with Crippen molar-refractivity contribution in [2.24, 2.45) is 0 Å². The number of hydrogen-bond acceptors (Lipinski definition) is 8. The maximum absolute atomic E-state index is 13.2. The quantitative estimate of drug-likeness (QED) is 0.393. The third-order valence-corrected chi connectivity index (χ3v) is 6.01. The van der Waals surface area contributed by atoms with Gasteiger partial charge in [-0.25, -0.2) is 17.8 Å². The molecule has 3 aromatic heterocycles. The van der Waals surface area contributed by atoms with E-state index in [1.165, 1.54) is 6.20 Å². The maximum atomic E-state index is 13.2. The minimum atomic E-state index is -4.22. The van der Waals surface area contributed by atoms with Gasteiger partial charge in [-0.2, -0.15) is 23.8 Å². The van der Waals surface area contributed by atoms with Crippen LogP contribution in [-0.4, -0.2) is 54.0 Å². The molecule has 0 saturated heterocycles. The summed E-state index contributed by atoms with van der Waals surface area (Å²) in [5.41, 5.74) is 2.11. The van der Waals surface area contributed by atoms with Crippen LogP contribution in [0.15, 0.2) is 41.7 Å². The molecule has 14 heteroatoms. The molecular weight excluding hydrogens is 462 g/mol. The van der Waals surface area contributed by atoms with Crippen LogP contribution in [0.3, 0.4) is 0 Å². The van der Waals surface area contributed by atoms with Crippen LogP contribution in [0.25, 0.3) is 16.6 Å². The van der Waals surface area contributed by atoms with E-state index in [9.17, 15) is 17.2 Å². The van der Waals surface area contributed by atoms with Crippen LogP contribution in [0.4, 0.5) is 14.7 Å². The normalized spacial score (nSPS) is 11.7. The van der Waals surface area contributed by atoms with Gasteiger partial charge in [-0.1, -0.05) is 12.1 Å². The van der Waals surface area contributed by atoms with E-state index in [-0.39, 0.29) is 4.90 Å². The fourth-order valence-corrected chi connectivity index (χ4v) is 4.39. The number of aromatic amines is 1. The minimum absolute atomic E-state index is 0.0830. The summed E-state index contributed by atoms with van der Waals surface area (Å²) in [4.78, 5) is 10.5. The molecule has 33 heavy (non-hydrogen) atoms. The fourth-order valence-electron chi connectivity index (χ4n) is 3.28. The largest absolute Gasteiger partial charge is 0.478 e. The summed E-state index contributed by atoms with van der Waals surface area (Å²) in [6.45, 7) is -1.32. The number of fused-ring (bicyclic) bond motifs is 1. The monoisotopic (exact) mass is 480 g/mol. The first-order chi connectivity index (χ1) is 15.7. The number of nitrogens with one attached hydrogen (secondary N) is 2. The van der Waals surface area contributed by atoms with Gasteiger partial charge in [0.2, 0.25) is 11.7 Å². The lowest BCUT2D eigenvalue weighted by Crippen LogP contribution is -2.16. The molecular formula is C19H18F2N6O5S. The molecule has 0 spiro atoms. The summed E-state index contributed by atoms with van der Waals surface area (Å²) in [5.74, 6) is -1.89. The molecule has 0 atom stereocenters. The van der Waals surface area contributed by atoms with Crippen molar-refractivity contribution in [1.82, 2.24) is 24.7 Å². The van der Waals surface area contributed by atoms with Crippen molar-refractivity contribution in [3.63, 3.8) is 0 Å². The number of ether oxygens (including phenoxy) is 3. The molecule has 11 nitrogen and oxygen atoms in total. The Morgan fingerprint density at radius 2 is 1.85 bits per heavy atom. The summed E-state index contributed by atoms with van der Waals surface area (Å²) >= 11 is 0. The molecule has 4 rings (SSSR count). The van der Waals surface area contributed by atoms with Gasteiger partial charge in [-0.05, 0) is 18.6 Å². The number of sulfonamides is 1. The summed E-state index contributed by atoms with van der Waals surface area (Å²) in [5, 5.41) is 4.62. The lowest BCUT2D eigenvalue weighted by Gasteiger charge is -2.14. The number of methoxy groups -OCH3 is 2. The third-order valence-electron chi connectivity index (χ3n) is 4.64. The Morgan fingerprint density at radius 3 is 2.42 bits per heavy atom. The highest BCUT2D eigenvalue weighted by Crippen LogP contribution is 2.37. The van der Waals surface area contributed by atoms with E-state index >= 15 is 0 Å². The van der Waals surface area contributed by atoms with Crippen molar-refractivity contribution in [1.29, 1.82) is 0 Å². The third kappa shape index (κ3) is 4.11. The van der Waals surface area contributed by atoms with Crippen molar-refractivity contribution in [3.05, 3.63) is 42.4 Å². The molecule has 0 fully saturated rings. The molecule has 0 unspecified atom stereocenters.